The minimum Gasteiger partial charge on any atom is -0.472 e. The van der Waals surface area contributed by atoms with Crippen molar-refractivity contribution in [2.45, 2.75) is 20.3 Å². The Kier molecular flexibility index (Phi) is 19.0. The van der Waals surface area contributed by atoms with Crippen LogP contribution in [0.1, 0.15) is 20.3 Å². The maximum absolute atomic E-state index is 11.4. The Bertz CT molecular complexity index is 222. The summed E-state index contributed by atoms with van der Waals surface area (Å²) in [6, 6.07) is 0. The second-order valence-corrected chi connectivity index (χ2v) is 4.86. The van der Waals surface area contributed by atoms with E-state index in [1.165, 1.54) is 0 Å². The maximum Gasteiger partial charge on any atom is 0.327 e. The summed E-state index contributed by atoms with van der Waals surface area (Å²) in [5, 5.41) is 2.75. The molecule has 19 heavy (non-hydrogen) atoms. The molecule has 0 aliphatic rings. The van der Waals surface area contributed by atoms with E-state index >= 15 is 0 Å². The van der Waals surface area contributed by atoms with Gasteiger partial charge in [-0.1, -0.05) is 13.8 Å². The van der Waals surface area contributed by atoms with Crippen LogP contribution in [-0.4, -0.2) is 41.0 Å². The summed E-state index contributed by atoms with van der Waals surface area (Å²) in [5.41, 5.74) is 0. The Balaban J connectivity index is -0.00000128. The fraction of sp³-hybridized carbons (Fsp3) is 0.800. The molecule has 0 aromatic heterocycles. The van der Waals surface area contributed by atoms with Crippen molar-refractivity contribution in [1.82, 2.24) is 5.32 Å². The van der Waals surface area contributed by atoms with E-state index in [-0.39, 0.29) is 57.4 Å². The van der Waals surface area contributed by atoms with Gasteiger partial charge in [0.25, 0.3) is 0 Å². The second-order valence-electron chi connectivity index (χ2n) is 4.10. The largest absolute Gasteiger partial charge is 0.472 e. The minimum atomic E-state index is -2.35. The third-order valence-corrected chi connectivity index (χ3v) is 2.39. The first kappa shape index (κ1) is 24.4. The van der Waals surface area contributed by atoms with Crippen LogP contribution in [0.2, 0.25) is 0 Å². The molecular formula is C10H23NO6PW-. The molecule has 2 atom stereocenters. The summed E-state index contributed by atoms with van der Waals surface area (Å²) in [6.07, 6.45) is 0.202. The number of nitrogens with one attached hydrogen (secondary N) is 1. The molecule has 0 fully saturated rings. The summed E-state index contributed by atoms with van der Waals surface area (Å²) in [6.45, 7) is 4.89. The fourth-order valence-electron chi connectivity index (χ4n) is 1.14. The van der Waals surface area contributed by atoms with Gasteiger partial charge in [-0.2, -0.15) is 0 Å². The number of hydrogen-bond acceptors (Lipinski definition) is 6. The van der Waals surface area contributed by atoms with Gasteiger partial charge in [0.2, 0.25) is 0 Å². The van der Waals surface area contributed by atoms with Gasteiger partial charge in [0, 0.05) is 27.0 Å². The average Bonchev–Trinajstić information content (AvgIpc) is 2.24. The monoisotopic (exact) mass is 468 g/mol. The van der Waals surface area contributed by atoms with E-state index in [1.807, 2.05) is 6.92 Å². The molecule has 0 heterocycles. The second kappa shape index (κ2) is 14.8. The zero-order valence-corrected chi connectivity index (χ0v) is 15.0. The van der Waals surface area contributed by atoms with Gasteiger partial charge in [0.15, 0.2) is 0 Å². The van der Waals surface area contributed by atoms with E-state index in [4.69, 9.17) is 14.5 Å². The molecule has 0 amide bonds. The number of esters is 1. The molecule has 0 aromatic rings. The van der Waals surface area contributed by atoms with Crippen LogP contribution < -0.4 is 5.32 Å². The fourth-order valence-corrected chi connectivity index (χ4v) is 1.52. The third kappa shape index (κ3) is 16.3. The van der Waals surface area contributed by atoms with E-state index in [0.29, 0.717) is 13.2 Å². The van der Waals surface area contributed by atoms with E-state index in [1.54, 1.807) is 6.92 Å². The molecule has 116 valence electrons. The number of ether oxygens (including phenoxy) is 1. The Morgan fingerprint density at radius 3 is 2.37 bits per heavy atom. The van der Waals surface area contributed by atoms with Crippen LogP contribution in [0.15, 0.2) is 0 Å². The van der Waals surface area contributed by atoms with Crippen molar-refractivity contribution in [3.05, 3.63) is 7.05 Å². The van der Waals surface area contributed by atoms with Crippen LogP contribution in [-0.2, 0) is 35.1 Å². The van der Waals surface area contributed by atoms with Crippen molar-refractivity contribution in [1.29, 1.82) is 0 Å². The van der Waals surface area contributed by atoms with Crippen molar-refractivity contribution in [3.8, 4) is 0 Å². The van der Waals surface area contributed by atoms with Gasteiger partial charge < -0.3 is 29.8 Å². The molecule has 7 nitrogen and oxygen atoms in total. The molecule has 0 bridgehead atoms. The van der Waals surface area contributed by atoms with Crippen LogP contribution in [0.25, 0.3) is 0 Å². The summed E-state index contributed by atoms with van der Waals surface area (Å²) in [4.78, 5) is 28.5. The van der Waals surface area contributed by atoms with E-state index in [9.17, 15) is 4.79 Å². The molecule has 0 rings (SSSR count). The van der Waals surface area contributed by atoms with Crippen LogP contribution >= 0.6 is 8.60 Å². The first-order valence-electron chi connectivity index (χ1n) is 5.42. The normalized spacial score (nSPS) is 13.2. The molecular weight excluding hydrogens is 445 g/mol. The summed E-state index contributed by atoms with van der Waals surface area (Å²) in [7, 11) is 1.14. The van der Waals surface area contributed by atoms with E-state index in [2.05, 4.69) is 16.9 Å². The van der Waals surface area contributed by atoms with Crippen LogP contribution in [0.4, 0.5) is 0 Å². The van der Waals surface area contributed by atoms with Gasteiger partial charge in [-0.3, -0.25) is 11.8 Å². The number of carbonyl (C=O) groups excluding carboxylic acids is 1. The summed E-state index contributed by atoms with van der Waals surface area (Å²) in [5.74, 6) is -0.198. The van der Waals surface area contributed by atoms with E-state index in [0.717, 1.165) is 0 Å². The summed E-state index contributed by atoms with van der Waals surface area (Å²) >= 11 is 0. The van der Waals surface area contributed by atoms with Crippen molar-refractivity contribution >= 4 is 14.6 Å². The Morgan fingerprint density at radius 1 is 1.32 bits per heavy atom. The molecule has 5 N–H and O–H groups in total. The van der Waals surface area contributed by atoms with Crippen molar-refractivity contribution < 1.29 is 50.4 Å². The topological polar surface area (TPSA) is 120 Å². The van der Waals surface area contributed by atoms with Crippen molar-refractivity contribution in [2.24, 2.45) is 11.8 Å². The van der Waals surface area contributed by atoms with Crippen LogP contribution in [0.5, 0.6) is 0 Å². The van der Waals surface area contributed by atoms with Gasteiger partial charge in [-0.05, 0) is 12.5 Å². The van der Waals surface area contributed by atoms with Crippen LogP contribution in [0.3, 0.4) is 0 Å². The number of hydrogen-bond donors (Lipinski definition) is 3. The zero-order chi connectivity index (χ0) is 13.3. The smallest absolute Gasteiger partial charge is 0.327 e. The predicted molar refractivity (Wildman–Crippen MR) is 68.2 cm³/mol. The molecule has 0 aliphatic heterocycles. The first-order chi connectivity index (χ1) is 7.95. The van der Waals surface area contributed by atoms with Crippen LogP contribution in [0, 0.1) is 18.9 Å². The van der Waals surface area contributed by atoms with Gasteiger partial charge in [-0.15, -0.1) is 0 Å². The van der Waals surface area contributed by atoms with Gasteiger partial charge in [-0.25, -0.2) is 0 Å². The third-order valence-electron chi connectivity index (χ3n) is 2.01. The maximum atomic E-state index is 11.4. The molecule has 0 aromatic carbocycles. The first-order valence-corrected chi connectivity index (χ1v) is 6.58. The zero-order valence-electron chi connectivity index (χ0n) is 11.2. The predicted octanol–water partition coefficient (Wildman–Crippen LogP) is -0.0260. The van der Waals surface area contributed by atoms with Gasteiger partial charge in [0.05, 0.1) is 19.6 Å². The SMILES string of the molecule is O.[CH2-]NCC(C)COC(=O)CC(C)COP(O)O.[W]. The summed E-state index contributed by atoms with van der Waals surface area (Å²) < 4.78 is 9.67. The molecule has 0 aliphatic carbocycles. The molecule has 9 heteroatoms. The molecule has 0 saturated carbocycles. The van der Waals surface area contributed by atoms with Crippen molar-refractivity contribution in [2.75, 3.05) is 19.8 Å². The van der Waals surface area contributed by atoms with E-state index < -0.39 is 8.60 Å². The molecule has 0 radical (unpaired) electrons. The Hall–Kier alpha value is 0.388. The molecule has 0 spiro atoms. The standard InChI is InChI=1S/C10H21NO5P.H2O.W/c1-8(7-16-17(13)14)4-10(12)15-6-9(2)5-11-3;;/h8-9,11,13-14H,3-7H2,1-2H3;1H2;/q-1;;. The number of carbonyl (C=O) groups is 1. The average molecular weight is 468 g/mol. The Labute approximate surface area is 129 Å². The minimum absolute atomic E-state index is 0. The molecule has 2 unspecified atom stereocenters. The molecule has 0 saturated heterocycles. The van der Waals surface area contributed by atoms with Crippen molar-refractivity contribution in [3.63, 3.8) is 0 Å². The van der Waals surface area contributed by atoms with Gasteiger partial charge >= 0.3 is 14.6 Å². The quantitative estimate of drug-likeness (QED) is 0.249. The van der Waals surface area contributed by atoms with Gasteiger partial charge in [0.1, 0.15) is 0 Å². The Morgan fingerprint density at radius 2 is 1.89 bits per heavy atom. The number of rotatable bonds is 9.